The molecule has 2 aromatic heterocycles. The maximum absolute atomic E-state index is 13.0. The number of hydrogen-bond donors (Lipinski definition) is 1. The Balaban J connectivity index is 1.39. The van der Waals surface area contributed by atoms with Gasteiger partial charge in [0.15, 0.2) is 6.10 Å². The SMILES string of the molecule is Cc1[nH]c2ccccc2c1C(=O)[C@H](C)OC(=O)C1CCN(S(=O)(=O)c2cccs2)CC1. The molecule has 1 aliphatic rings. The molecule has 1 N–H and O–H groups in total. The summed E-state index contributed by atoms with van der Waals surface area (Å²) in [6.07, 6.45) is -0.175. The number of piperidine rings is 1. The predicted octanol–water partition coefficient (Wildman–Crippen LogP) is 3.75. The topological polar surface area (TPSA) is 96.5 Å². The summed E-state index contributed by atoms with van der Waals surface area (Å²) in [6.45, 7) is 3.91. The van der Waals surface area contributed by atoms with Crippen LogP contribution in [0, 0.1) is 12.8 Å². The van der Waals surface area contributed by atoms with Crippen LogP contribution in [0.3, 0.4) is 0 Å². The van der Waals surface area contributed by atoms with Crippen LogP contribution in [0.5, 0.6) is 0 Å². The minimum Gasteiger partial charge on any atom is -0.454 e. The first-order valence-electron chi connectivity index (χ1n) is 10.1. The predicted molar refractivity (Wildman–Crippen MR) is 119 cm³/mol. The van der Waals surface area contributed by atoms with Gasteiger partial charge in [-0.25, -0.2) is 8.42 Å². The lowest BCUT2D eigenvalue weighted by Crippen LogP contribution is -2.41. The number of nitrogens with one attached hydrogen (secondary N) is 1. The smallest absolute Gasteiger partial charge is 0.309 e. The molecule has 31 heavy (non-hydrogen) atoms. The fourth-order valence-corrected chi connectivity index (χ4v) is 6.61. The Hall–Kier alpha value is -2.49. The van der Waals surface area contributed by atoms with E-state index in [1.165, 1.54) is 15.6 Å². The Morgan fingerprint density at radius 2 is 1.87 bits per heavy atom. The van der Waals surface area contributed by atoms with Crippen LogP contribution < -0.4 is 0 Å². The number of hydrogen-bond acceptors (Lipinski definition) is 6. The second kappa shape index (κ2) is 8.57. The zero-order chi connectivity index (χ0) is 22.2. The number of ether oxygens (including phenoxy) is 1. The third-order valence-corrected chi connectivity index (χ3v) is 8.95. The number of aromatic nitrogens is 1. The third kappa shape index (κ3) is 4.17. The summed E-state index contributed by atoms with van der Waals surface area (Å²) < 4.78 is 32.5. The molecule has 3 heterocycles. The van der Waals surface area contributed by atoms with Gasteiger partial charge in [-0.1, -0.05) is 24.3 Å². The van der Waals surface area contributed by atoms with E-state index in [4.69, 9.17) is 4.74 Å². The van der Waals surface area contributed by atoms with Crippen LogP contribution in [-0.2, 0) is 19.6 Å². The highest BCUT2D eigenvalue weighted by atomic mass is 32.2. The summed E-state index contributed by atoms with van der Waals surface area (Å²) in [5.41, 5.74) is 2.13. The fraction of sp³-hybridized carbons (Fsp3) is 0.364. The number of rotatable bonds is 6. The van der Waals surface area contributed by atoms with Crippen molar-refractivity contribution in [1.82, 2.24) is 9.29 Å². The van der Waals surface area contributed by atoms with Gasteiger partial charge in [0, 0.05) is 35.2 Å². The van der Waals surface area contributed by atoms with Crippen molar-refractivity contribution in [3.8, 4) is 0 Å². The number of aromatic amines is 1. The Bertz CT molecular complexity index is 1210. The Labute approximate surface area is 185 Å². The molecule has 0 saturated carbocycles. The second-order valence-electron chi connectivity index (χ2n) is 7.72. The molecular formula is C22H24N2O5S2. The number of nitrogens with zero attached hydrogens (tertiary/aromatic N) is 1. The average Bonchev–Trinajstić information content (AvgIpc) is 3.41. The average molecular weight is 461 g/mol. The second-order valence-corrected chi connectivity index (χ2v) is 10.8. The molecule has 0 amide bonds. The number of aryl methyl sites for hydroxylation is 1. The Morgan fingerprint density at radius 1 is 1.16 bits per heavy atom. The van der Waals surface area contributed by atoms with E-state index in [-0.39, 0.29) is 18.9 Å². The van der Waals surface area contributed by atoms with Crippen LogP contribution in [-0.4, -0.2) is 48.7 Å². The van der Waals surface area contributed by atoms with Crippen molar-refractivity contribution in [3.05, 3.63) is 53.0 Å². The normalized spacial score (nSPS) is 17.0. The van der Waals surface area contributed by atoms with E-state index < -0.39 is 28.0 Å². The summed E-state index contributed by atoms with van der Waals surface area (Å²) >= 11 is 1.18. The van der Waals surface area contributed by atoms with Gasteiger partial charge in [0.05, 0.1) is 5.92 Å². The van der Waals surface area contributed by atoms with E-state index in [2.05, 4.69) is 4.98 Å². The molecule has 3 aromatic rings. The maximum atomic E-state index is 13.0. The first-order chi connectivity index (χ1) is 14.8. The van der Waals surface area contributed by atoms with Crippen LogP contribution in [0.15, 0.2) is 46.0 Å². The van der Waals surface area contributed by atoms with Gasteiger partial charge >= 0.3 is 5.97 Å². The van der Waals surface area contributed by atoms with Crippen molar-refractivity contribution in [1.29, 1.82) is 0 Å². The van der Waals surface area contributed by atoms with Gasteiger partial charge in [0.2, 0.25) is 5.78 Å². The van der Waals surface area contributed by atoms with E-state index in [1.807, 2.05) is 31.2 Å². The monoisotopic (exact) mass is 460 g/mol. The van der Waals surface area contributed by atoms with Crippen LogP contribution in [0.1, 0.15) is 35.8 Å². The number of ketones is 1. The molecule has 4 rings (SSSR count). The highest BCUT2D eigenvalue weighted by Gasteiger charge is 2.34. The van der Waals surface area contributed by atoms with Gasteiger partial charge in [-0.05, 0) is 44.2 Å². The molecule has 7 nitrogen and oxygen atoms in total. The summed E-state index contributed by atoms with van der Waals surface area (Å²) in [5, 5.41) is 2.53. The van der Waals surface area contributed by atoms with E-state index in [0.717, 1.165) is 16.6 Å². The molecule has 0 unspecified atom stereocenters. The van der Waals surface area contributed by atoms with Crippen LogP contribution in [0.2, 0.25) is 0 Å². The van der Waals surface area contributed by atoms with Crippen molar-refractivity contribution in [3.63, 3.8) is 0 Å². The summed E-state index contributed by atoms with van der Waals surface area (Å²) in [7, 11) is -3.52. The van der Waals surface area contributed by atoms with Gasteiger partial charge in [0.25, 0.3) is 10.0 Å². The molecule has 0 aliphatic carbocycles. The number of carbonyl (C=O) groups excluding carboxylic acids is 2. The van der Waals surface area contributed by atoms with Crippen molar-refractivity contribution in [2.75, 3.05) is 13.1 Å². The summed E-state index contributed by atoms with van der Waals surface area (Å²) in [6, 6.07) is 10.8. The number of esters is 1. The number of fused-ring (bicyclic) bond motifs is 1. The number of carbonyl (C=O) groups is 2. The molecule has 1 saturated heterocycles. The third-order valence-electron chi connectivity index (χ3n) is 5.68. The van der Waals surface area contributed by atoms with Gasteiger partial charge < -0.3 is 9.72 Å². The van der Waals surface area contributed by atoms with Gasteiger partial charge in [0.1, 0.15) is 4.21 Å². The number of para-hydroxylation sites is 1. The number of benzene rings is 1. The van der Waals surface area contributed by atoms with E-state index >= 15 is 0 Å². The van der Waals surface area contributed by atoms with Crippen molar-refractivity contribution < 1.29 is 22.7 Å². The molecule has 0 radical (unpaired) electrons. The fourth-order valence-electron chi connectivity index (χ4n) is 3.99. The molecule has 1 aromatic carbocycles. The molecule has 1 fully saturated rings. The number of thiophene rings is 1. The van der Waals surface area contributed by atoms with Crippen LogP contribution in [0.4, 0.5) is 0 Å². The lowest BCUT2D eigenvalue weighted by molar-refractivity contribution is -0.152. The minimum absolute atomic E-state index is 0.249. The molecule has 1 atom stereocenters. The highest BCUT2D eigenvalue weighted by Crippen LogP contribution is 2.28. The molecule has 9 heteroatoms. The van der Waals surface area contributed by atoms with Crippen LogP contribution in [0.25, 0.3) is 10.9 Å². The number of Topliss-reactive ketones (excluding diaryl/α,β-unsaturated/α-hetero) is 1. The highest BCUT2D eigenvalue weighted by molar-refractivity contribution is 7.91. The van der Waals surface area contributed by atoms with Crippen molar-refractivity contribution in [2.24, 2.45) is 5.92 Å². The molecular weight excluding hydrogens is 436 g/mol. The van der Waals surface area contributed by atoms with Crippen LogP contribution >= 0.6 is 11.3 Å². The van der Waals surface area contributed by atoms with E-state index in [1.54, 1.807) is 24.4 Å². The van der Waals surface area contributed by atoms with Crippen molar-refractivity contribution >= 4 is 44.0 Å². The van der Waals surface area contributed by atoms with Gasteiger partial charge in [-0.15, -0.1) is 11.3 Å². The molecule has 164 valence electrons. The first kappa shape index (κ1) is 21.7. The summed E-state index contributed by atoms with van der Waals surface area (Å²) in [4.78, 5) is 28.8. The quantitative estimate of drug-likeness (QED) is 0.446. The zero-order valence-corrected chi connectivity index (χ0v) is 19.0. The maximum Gasteiger partial charge on any atom is 0.309 e. The lowest BCUT2D eigenvalue weighted by atomic mass is 9.98. The first-order valence-corrected chi connectivity index (χ1v) is 12.5. The summed E-state index contributed by atoms with van der Waals surface area (Å²) in [5.74, 6) is -1.12. The molecule has 0 spiro atoms. The lowest BCUT2D eigenvalue weighted by Gasteiger charge is -2.30. The largest absolute Gasteiger partial charge is 0.454 e. The molecule has 1 aliphatic heterocycles. The minimum atomic E-state index is -3.52. The number of H-pyrrole nitrogens is 1. The van der Waals surface area contributed by atoms with Gasteiger partial charge in [-0.3, -0.25) is 9.59 Å². The Morgan fingerprint density at radius 3 is 2.55 bits per heavy atom. The van der Waals surface area contributed by atoms with E-state index in [0.29, 0.717) is 22.6 Å². The zero-order valence-electron chi connectivity index (χ0n) is 17.3. The Kier molecular flexibility index (Phi) is 6.00. The standard InChI is InChI=1S/C22H24N2O5S2/c1-14-20(17-6-3-4-7-18(17)23-14)21(25)15(2)29-22(26)16-9-11-24(12-10-16)31(27,28)19-8-5-13-30-19/h3-8,13,15-16,23H,9-12H2,1-2H3/t15-/m0/s1. The van der Waals surface area contributed by atoms with E-state index in [9.17, 15) is 18.0 Å². The molecule has 0 bridgehead atoms. The van der Waals surface area contributed by atoms with Crippen molar-refractivity contribution in [2.45, 2.75) is 37.0 Å². The van der Waals surface area contributed by atoms with Gasteiger partial charge in [-0.2, -0.15) is 4.31 Å². The number of sulfonamides is 1.